The molecular weight excluding hydrogens is 318 g/mol. The molecule has 0 spiro atoms. The van der Waals surface area contributed by atoms with Gasteiger partial charge in [-0.25, -0.2) is 0 Å². The predicted octanol–water partition coefficient (Wildman–Crippen LogP) is 3.14. The average molecular weight is 337 g/mol. The highest BCUT2D eigenvalue weighted by Crippen LogP contribution is 2.32. The van der Waals surface area contributed by atoms with Crippen molar-refractivity contribution in [2.45, 2.75) is 19.0 Å². The van der Waals surface area contributed by atoms with Gasteiger partial charge in [-0.15, -0.1) is 0 Å². The normalized spacial score (nSPS) is 16.3. The lowest BCUT2D eigenvalue weighted by Gasteiger charge is -2.23. The van der Waals surface area contributed by atoms with Crippen LogP contribution in [0.2, 0.25) is 0 Å². The lowest BCUT2D eigenvalue weighted by Crippen LogP contribution is -2.28. The van der Waals surface area contributed by atoms with Crippen LogP contribution in [0.1, 0.15) is 23.1 Å². The van der Waals surface area contributed by atoms with Crippen molar-refractivity contribution in [1.29, 1.82) is 0 Å². The van der Waals surface area contributed by atoms with E-state index in [4.69, 9.17) is 14.0 Å². The molecule has 2 aromatic carbocycles. The van der Waals surface area contributed by atoms with Gasteiger partial charge in [-0.2, -0.15) is 4.98 Å². The first kappa shape index (κ1) is 15.7. The molecule has 1 aliphatic heterocycles. The third-order valence-electron chi connectivity index (χ3n) is 4.46. The SMILES string of the molecule is COc1ccc(-c2noc([C@H]3Cc4ccccc4CN3)n2)cc1OC. The maximum Gasteiger partial charge on any atom is 0.244 e. The number of hydrogen-bond donors (Lipinski definition) is 1. The second-order valence-electron chi connectivity index (χ2n) is 5.93. The second-order valence-corrected chi connectivity index (χ2v) is 5.93. The van der Waals surface area contributed by atoms with E-state index in [1.165, 1.54) is 11.1 Å². The van der Waals surface area contributed by atoms with Crippen molar-refractivity contribution in [3.05, 3.63) is 59.5 Å². The Morgan fingerprint density at radius 1 is 1.04 bits per heavy atom. The Morgan fingerprint density at radius 3 is 2.64 bits per heavy atom. The summed E-state index contributed by atoms with van der Waals surface area (Å²) in [5.74, 6) is 2.44. The molecule has 6 nitrogen and oxygen atoms in total. The van der Waals surface area contributed by atoms with Gasteiger partial charge in [0.05, 0.1) is 20.3 Å². The van der Waals surface area contributed by atoms with Gasteiger partial charge in [-0.3, -0.25) is 0 Å². The quantitative estimate of drug-likeness (QED) is 0.789. The van der Waals surface area contributed by atoms with Crippen LogP contribution in [0.5, 0.6) is 11.5 Å². The summed E-state index contributed by atoms with van der Waals surface area (Å²) in [7, 11) is 3.21. The lowest BCUT2D eigenvalue weighted by molar-refractivity contribution is 0.321. The third-order valence-corrected chi connectivity index (χ3v) is 4.46. The van der Waals surface area contributed by atoms with Crippen LogP contribution in [-0.2, 0) is 13.0 Å². The molecule has 4 rings (SSSR count). The summed E-state index contributed by atoms with van der Waals surface area (Å²) >= 11 is 0. The summed E-state index contributed by atoms with van der Waals surface area (Å²) in [6, 6.07) is 14.0. The van der Waals surface area contributed by atoms with Gasteiger partial charge in [0.1, 0.15) is 0 Å². The van der Waals surface area contributed by atoms with E-state index in [1.807, 2.05) is 18.2 Å². The molecule has 0 radical (unpaired) electrons. The summed E-state index contributed by atoms with van der Waals surface area (Å²) in [5.41, 5.74) is 3.46. The Balaban J connectivity index is 1.59. The van der Waals surface area contributed by atoms with Crippen molar-refractivity contribution >= 4 is 0 Å². The molecule has 0 aliphatic carbocycles. The Kier molecular flexibility index (Phi) is 4.11. The highest BCUT2D eigenvalue weighted by atomic mass is 16.5. The minimum absolute atomic E-state index is 0.0243. The van der Waals surface area contributed by atoms with Crippen molar-refractivity contribution in [2.75, 3.05) is 14.2 Å². The van der Waals surface area contributed by atoms with Gasteiger partial charge in [0.25, 0.3) is 0 Å². The van der Waals surface area contributed by atoms with Gasteiger partial charge in [0.15, 0.2) is 11.5 Å². The molecule has 0 saturated carbocycles. The number of fused-ring (bicyclic) bond motifs is 1. The number of ether oxygens (including phenoxy) is 2. The van der Waals surface area contributed by atoms with E-state index in [2.05, 4.69) is 39.7 Å². The molecule has 3 aromatic rings. The number of aromatic nitrogens is 2. The van der Waals surface area contributed by atoms with E-state index >= 15 is 0 Å². The lowest BCUT2D eigenvalue weighted by atomic mass is 9.96. The molecule has 0 unspecified atom stereocenters. The van der Waals surface area contributed by atoms with Gasteiger partial charge < -0.3 is 19.3 Å². The predicted molar refractivity (Wildman–Crippen MR) is 92.6 cm³/mol. The minimum atomic E-state index is 0.0243. The molecule has 0 bridgehead atoms. The second kappa shape index (κ2) is 6.57. The number of nitrogens with zero attached hydrogens (tertiary/aromatic N) is 2. The monoisotopic (exact) mass is 337 g/mol. The topological polar surface area (TPSA) is 69.4 Å². The largest absolute Gasteiger partial charge is 0.493 e. The summed E-state index contributed by atoms with van der Waals surface area (Å²) in [5, 5.41) is 7.58. The zero-order valence-electron chi connectivity index (χ0n) is 14.2. The zero-order valence-corrected chi connectivity index (χ0v) is 14.2. The van der Waals surface area contributed by atoms with E-state index in [0.29, 0.717) is 23.2 Å². The van der Waals surface area contributed by atoms with E-state index in [-0.39, 0.29) is 6.04 Å². The van der Waals surface area contributed by atoms with E-state index < -0.39 is 0 Å². The fraction of sp³-hybridized carbons (Fsp3) is 0.263. The summed E-state index contributed by atoms with van der Waals surface area (Å²) < 4.78 is 16.1. The van der Waals surface area contributed by atoms with Crippen molar-refractivity contribution in [1.82, 2.24) is 15.5 Å². The van der Waals surface area contributed by atoms with Crippen LogP contribution < -0.4 is 14.8 Å². The molecule has 2 heterocycles. The number of nitrogens with one attached hydrogen (secondary N) is 1. The smallest absolute Gasteiger partial charge is 0.244 e. The van der Waals surface area contributed by atoms with Crippen LogP contribution in [0.4, 0.5) is 0 Å². The first-order valence-electron chi connectivity index (χ1n) is 8.14. The molecule has 1 aromatic heterocycles. The molecular formula is C19H19N3O3. The highest BCUT2D eigenvalue weighted by molar-refractivity contribution is 5.60. The fourth-order valence-corrected chi connectivity index (χ4v) is 3.10. The van der Waals surface area contributed by atoms with E-state index in [1.54, 1.807) is 14.2 Å². The van der Waals surface area contributed by atoms with Crippen LogP contribution in [0.15, 0.2) is 47.0 Å². The third kappa shape index (κ3) is 2.96. The highest BCUT2D eigenvalue weighted by Gasteiger charge is 2.24. The van der Waals surface area contributed by atoms with Crippen LogP contribution in [0.3, 0.4) is 0 Å². The Labute approximate surface area is 145 Å². The van der Waals surface area contributed by atoms with Crippen LogP contribution >= 0.6 is 0 Å². The minimum Gasteiger partial charge on any atom is -0.493 e. The maximum absolute atomic E-state index is 5.51. The molecule has 1 aliphatic rings. The average Bonchev–Trinajstić information content (AvgIpc) is 3.17. The Bertz CT molecular complexity index is 891. The van der Waals surface area contributed by atoms with Crippen molar-refractivity contribution in [2.24, 2.45) is 0 Å². The molecule has 128 valence electrons. The Hall–Kier alpha value is -2.86. The zero-order chi connectivity index (χ0) is 17.2. The van der Waals surface area contributed by atoms with Gasteiger partial charge in [-0.1, -0.05) is 29.4 Å². The molecule has 1 N–H and O–H groups in total. The van der Waals surface area contributed by atoms with E-state index in [0.717, 1.165) is 18.5 Å². The fourth-order valence-electron chi connectivity index (χ4n) is 3.10. The summed E-state index contributed by atoms with van der Waals surface area (Å²) in [6.07, 6.45) is 0.837. The van der Waals surface area contributed by atoms with Gasteiger partial charge in [-0.05, 0) is 35.7 Å². The van der Waals surface area contributed by atoms with Crippen LogP contribution in [0, 0.1) is 0 Å². The molecule has 0 fully saturated rings. The van der Waals surface area contributed by atoms with Crippen molar-refractivity contribution in [3.63, 3.8) is 0 Å². The molecule has 1 atom stereocenters. The number of rotatable bonds is 4. The number of benzene rings is 2. The Morgan fingerprint density at radius 2 is 1.84 bits per heavy atom. The van der Waals surface area contributed by atoms with Gasteiger partial charge in [0, 0.05) is 12.1 Å². The van der Waals surface area contributed by atoms with Crippen molar-refractivity contribution in [3.8, 4) is 22.9 Å². The molecule has 25 heavy (non-hydrogen) atoms. The molecule has 0 amide bonds. The number of methoxy groups -OCH3 is 2. The van der Waals surface area contributed by atoms with Crippen LogP contribution in [-0.4, -0.2) is 24.4 Å². The molecule has 6 heteroatoms. The first-order valence-corrected chi connectivity index (χ1v) is 8.14. The summed E-state index contributed by atoms with van der Waals surface area (Å²) in [4.78, 5) is 4.57. The van der Waals surface area contributed by atoms with Crippen molar-refractivity contribution < 1.29 is 14.0 Å². The first-order chi connectivity index (χ1) is 12.3. The molecule has 0 saturated heterocycles. The van der Waals surface area contributed by atoms with Crippen LogP contribution in [0.25, 0.3) is 11.4 Å². The standard InChI is InChI=1S/C19H19N3O3/c1-23-16-8-7-13(10-17(16)24-2)18-21-19(25-22-18)15-9-12-5-3-4-6-14(12)11-20-15/h3-8,10,15,20H,9,11H2,1-2H3/t15-/m1/s1. The maximum atomic E-state index is 5.51. The number of hydrogen-bond acceptors (Lipinski definition) is 6. The van der Waals surface area contributed by atoms with E-state index in [9.17, 15) is 0 Å². The van der Waals surface area contributed by atoms with Gasteiger partial charge in [0.2, 0.25) is 11.7 Å². The van der Waals surface area contributed by atoms with Gasteiger partial charge >= 0.3 is 0 Å². The summed E-state index contributed by atoms with van der Waals surface area (Å²) in [6.45, 7) is 0.801.